The van der Waals surface area contributed by atoms with Crippen molar-refractivity contribution in [2.75, 3.05) is 7.11 Å². The van der Waals surface area contributed by atoms with Crippen molar-refractivity contribution >= 4 is 11.3 Å². The van der Waals surface area contributed by atoms with Crippen molar-refractivity contribution < 1.29 is 9.84 Å². The number of aliphatic hydroxyl groups is 1. The van der Waals surface area contributed by atoms with Crippen molar-refractivity contribution in [1.82, 2.24) is 4.98 Å². The van der Waals surface area contributed by atoms with Crippen LogP contribution in [0.1, 0.15) is 15.4 Å². The molecule has 4 heteroatoms. The zero-order chi connectivity index (χ0) is 12.4. The van der Waals surface area contributed by atoms with Crippen LogP contribution in [0.5, 0.6) is 5.75 Å². The van der Waals surface area contributed by atoms with E-state index in [1.807, 2.05) is 32.0 Å². The number of hydrogen-bond donors (Lipinski definition) is 1. The fourth-order valence-electron chi connectivity index (χ4n) is 1.78. The van der Waals surface area contributed by atoms with Gasteiger partial charge in [-0.2, -0.15) is 0 Å². The van der Waals surface area contributed by atoms with Gasteiger partial charge in [0.1, 0.15) is 5.75 Å². The Balaban J connectivity index is 2.59. The molecule has 0 radical (unpaired) electrons. The summed E-state index contributed by atoms with van der Waals surface area (Å²) in [5.74, 6) is 0.796. The molecule has 0 saturated carbocycles. The lowest BCUT2D eigenvalue weighted by Gasteiger charge is -2.08. The summed E-state index contributed by atoms with van der Waals surface area (Å²) in [6.45, 7) is 3.97. The Labute approximate surface area is 105 Å². The first-order valence-corrected chi connectivity index (χ1v) is 6.19. The summed E-state index contributed by atoms with van der Waals surface area (Å²) in [5.41, 5.74) is 2.90. The van der Waals surface area contributed by atoms with E-state index in [0.717, 1.165) is 32.5 Å². The van der Waals surface area contributed by atoms with Gasteiger partial charge < -0.3 is 9.84 Å². The Bertz CT molecular complexity index is 534. The average molecular weight is 249 g/mol. The van der Waals surface area contributed by atoms with Gasteiger partial charge in [0.25, 0.3) is 0 Å². The molecular formula is C13H15NO2S. The maximum Gasteiger partial charge on any atom is 0.128 e. The molecule has 0 bridgehead atoms. The molecule has 17 heavy (non-hydrogen) atoms. The lowest BCUT2D eigenvalue weighted by molar-refractivity contribution is 0.286. The number of aryl methyl sites for hydroxylation is 2. The number of ether oxygens (including phenoxy) is 1. The second-order valence-electron chi connectivity index (χ2n) is 3.87. The Morgan fingerprint density at radius 3 is 2.76 bits per heavy atom. The van der Waals surface area contributed by atoms with Crippen LogP contribution in [0.3, 0.4) is 0 Å². The SMILES string of the molecule is COc1cc(C)ccc1-c1nc(C)sc1CO. The summed E-state index contributed by atoms with van der Waals surface area (Å²) in [6, 6.07) is 5.99. The van der Waals surface area contributed by atoms with Crippen LogP contribution in [0, 0.1) is 13.8 Å². The van der Waals surface area contributed by atoms with Crippen molar-refractivity contribution in [2.45, 2.75) is 20.5 Å². The smallest absolute Gasteiger partial charge is 0.128 e. The van der Waals surface area contributed by atoms with Crippen LogP contribution < -0.4 is 4.74 Å². The lowest BCUT2D eigenvalue weighted by Crippen LogP contribution is -1.92. The Hall–Kier alpha value is -1.39. The highest BCUT2D eigenvalue weighted by molar-refractivity contribution is 7.12. The number of rotatable bonds is 3. The van der Waals surface area contributed by atoms with Crippen LogP contribution >= 0.6 is 11.3 Å². The molecule has 90 valence electrons. The number of aliphatic hydroxyl groups excluding tert-OH is 1. The van der Waals surface area contributed by atoms with Gasteiger partial charge in [0, 0.05) is 5.56 Å². The topological polar surface area (TPSA) is 42.4 Å². The van der Waals surface area contributed by atoms with E-state index in [-0.39, 0.29) is 6.61 Å². The Morgan fingerprint density at radius 1 is 1.35 bits per heavy atom. The molecule has 0 unspecified atom stereocenters. The molecule has 1 aromatic heterocycles. The Morgan fingerprint density at radius 2 is 2.12 bits per heavy atom. The van der Waals surface area contributed by atoms with Gasteiger partial charge in [-0.25, -0.2) is 4.98 Å². The zero-order valence-corrected chi connectivity index (χ0v) is 11.0. The third kappa shape index (κ3) is 2.33. The minimum atomic E-state index is 0.0118. The third-order valence-corrected chi connectivity index (χ3v) is 3.52. The van der Waals surface area contributed by atoms with E-state index < -0.39 is 0 Å². The van der Waals surface area contributed by atoms with Crippen LogP contribution in [0.2, 0.25) is 0 Å². The van der Waals surface area contributed by atoms with Crippen LogP contribution in [0.15, 0.2) is 18.2 Å². The minimum Gasteiger partial charge on any atom is -0.496 e. The fourth-order valence-corrected chi connectivity index (χ4v) is 2.59. The van der Waals surface area contributed by atoms with Gasteiger partial charge in [-0.15, -0.1) is 11.3 Å². The maximum atomic E-state index is 9.34. The van der Waals surface area contributed by atoms with E-state index in [4.69, 9.17) is 4.74 Å². The van der Waals surface area contributed by atoms with E-state index in [2.05, 4.69) is 4.98 Å². The molecule has 3 nitrogen and oxygen atoms in total. The molecule has 0 aliphatic carbocycles. The predicted octanol–water partition coefficient (Wildman–Crippen LogP) is 2.93. The maximum absolute atomic E-state index is 9.34. The molecule has 0 saturated heterocycles. The molecular weight excluding hydrogens is 234 g/mol. The molecule has 0 atom stereocenters. The zero-order valence-electron chi connectivity index (χ0n) is 10.2. The van der Waals surface area contributed by atoms with Crippen LogP contribution in [0.25, 0.3) is 11.3 Å². The predicted molar refractivity (Wildman–Crippen MR) is 69.5 cm³/mol. The van der Waals surface area contributed by atoms with Crippen molar-refractivity contribution in [3.05, 3.63) is 33.6 Å². The molecule has 0 aliphatic heterocycles. The molecule has 0 spiro atoms. The second kappa shape index (κ2) is 4.85. The molecule has 1 aromatic carbocycles. The minimum absolute atomic E-state index is 0.0118. The highest BCUT2D eigenvalue weighted by atomic mass is 32.1. The lowest BCUT2D eigenvalue weighted by atomic mass is 10.1. The summed E-state index contributed by atoms with van der Waals surface area (Å²) in [5, 5.41) is 10.3. The first-order valence-electron chi connectivity index (χ1n) is 5.38. The van der Waals surface area contributed by atoms with Gasteiger partial charge in [-0.3, -0.25) is 0 Å². The van der Waals surface area contributed by atoms with Crippen LogP contribution in [-0.2, 0) is 6.61 Å². The number of aromatic nitrogens is 1. The van der Waals surface area contributed by atoms with E-state index in [9.17, 15) is 5.11 Å². The third-order valence-electron chi connectivity index (χ3n) is 2.56. The van der Waals surface area contributed by atoms with Gasteiger partial charge in [0.15, 0.2) is 0 Å². The molecule has 1 heterocycles. The molecule has 0 aliphatic rings. The molecule has 1 N–H and O–H groups in total. The van der Waals surface area contributed by atoms with E-state index in [1.54, 1.807) is 7.11 Å². The number of thiazole rings is 1. The van der Waals surface area contributed by atoms with Crippen LogP contribution in [0.4, 0.5) is 0 Å². The van der Waals surface area contributed by atoms with Gasteiger partial charge >= 0.3 is 0 Å². The second-order valence-corrected chi connectivity index (χ2v) is 5.15. The van der Waals surface area contributed by atoms with Gasteiger partial charge in [0.05, 0.1) is 29.3 Å². The largest absolute Gasteiger partial charge is 0.496 e. The molecule has 2 aromatic rings. The van der Waals surface area contributed by atoms with Gasteiger partial charge in [-0.1, -0.05) is 6.07 Å². The quantitative estimate of drug-likeness (QED) is 0.909. The van der Waals surface area contributed by atoms with E-state index >= 15 is 0 Å². The molecule has 0 amide bonds. The molecule has 2 rings (SSSR count). The van der Waals surface area contributed by atoms with Gasteiger partial charge in [-0.05, 0) is 31.5 Å². The number of hydrogen-bond acceptors (Lipinski definition) is 4. The highest BCUT2D eigenvalue weighted by Crippen LogP contribution is 2.34. The molecule has 0 fully saturated rings. The fraction of sp³-hybridized carbons (Fsp3) is 0.308. The normalized spacial score (nSPS) is 10.6. The highest BCUT2D eigenvalue weighted by Gasteiger charge is 2.14. The monoisotopic (exact) mass is 249 g/mol. The van der Waals surface area contributed by atoms with E-state index in [1.165, 1.54) is 11.3 Å². The number of methoxy groups -OCH3 is 1. The van der Waals surface area contributed by atoms with Crippen LogP contribution in [-0.4, -0.2) is 17.2 Å². The van der Waals surface area contributed by atoms with Gasteiger partial charge in [0.2, 0.25) is 0 Å². The van der Waals surface area contributed by atoms with Crippen molar-refractivity contribution in [3.8, 4) is 17.0 Å². The van der Waals surface area contributed by atoms with Crippen molar-refractivity contribution in [1.29, 1.82) is 0 Å². The van der Waals surface area contributed by atoms with Crippen molar-refractivity contribution in [2.24, 2.45) is 0 Å². The van der Waals surface area contributed by atoms with Crippen molar-refractivity contribution in [3.63, 3.8) is 0 Å². The summed E-state index contributed by atoms with van der Waals surface area (Å²) in [4.78, 5) is 5.35. The summed E-state index contributed by atoms with van der Waals surface area (Å²) in [7, 11) is 1.65. The Kier molecular flexibility index (Phi) is 3.45. The summed E-state index contributed by atoms with van der Waals surface area (Å²) in [6.07, 6.45) is 0. The van der Waals surface area contributed by atoms with E-state index in [0.29, 0.717) is 0 Å². The number of benzene rings is 1. The number of nitrogens with zero attached hydrogens (tertiary/aromatic N) is 1. The standard InChI is InChI=1S/C13H15NO2S/c1-8-4-5-10(11(6-8)16-3)13-12(7-15)17-9(2)14-13/h4-6,15H,7H2,1-3H3. The average Bonchev–Trinajstić information content (AvgIpc) is 2.70. The first-order chi connectivity index (χ1) is 8.15. The first kappa shape index (κ1) is 12.1. The summed E-state index contributed by atoms with van der Waals surface area (Å²) < 4.78 is 5.37. The summed E-state index contributed by atoms with van der Waals surface area (Å²) >= 11 is 1.52.